The van der Waals surface area contributed by atoms with E-state index in [0.29, 0.717) is 5.82 Å². The topological polar surface area (TPSA) is 84.1 Å². The molecule has 0 atom stereocenters. The summed E-state index contributed by atoms with van der Waals surface area (Å²) < 4.78 is 0. The summed E-state index contributed by atoms with van der Waals surface area (Å²) in [5.74, 6) is 1.93. The Balaban J connectivity index is 2.17. The van der Waals surface area contributed by atoms with E-state index < -0.39 is 0 Å². The van der Waals surface area contributed by atoms with Crippen molar-refractivity contribution in [1.82, 2.24) is 9.97 Å². The minimum absolute atomic E-state index is 0.137. The number of aromatic nitrogens is 2. The fourth-order valence-corrected chi connectivity index (χ4v) is 1.94. The maximum absolute atomic E-state index is 9.36. The summed E-state index contributed by atoms with van der Waals surface area (Å²) >= 11 is 0. The average Bonchev–Trinajstić information content (AvgIpc) is 2.22. The molecule has 1 saturated carbocycles. The molecular weight excluding hydrogens is 204 g/mol. The van der Waals surface area contributed by atoms with E-state index in [1.165, 1.54) is 0 Å². The van der Waals surface area contributed by atoms with E-state index in [9.17, 15) is 5.11 Å². The van der Waals surface area contributed by atoms with Crippen LogP contribution in [-0.4, -0.2) is 27.2 Å². The van der Waals surface area contributed by atoms with Gasteiger partial charge in [0.2, 0.25) is 0 Å². The van der Waals surface area contributed by atoms with Crippen LogP contribution in [0.2, 0.25) is 0 Å². The van der Waals surface area contributed by atoms with Gasteiger partial charge in [-0.25, -0.2) is 9.97 Å². The van der Waals surface area contributed by atoms with Gasteiger partial charge in [0.1, 0.15) is 17.5 Å². The molecule has 1 aromatic heterocycles. The molecule has 0 radical (unpaired) electrons. The van der Waals surface area contributed by atoms with E-state index in [-0.39, 0.29) is 12.1 Å². The van der Waals surface area contributed by atoms with Gasteiger partial charge in [0.15, 0.2) is 0 Å². The smallest absolute Gasteiger partial charge is 0.132 e. The van der Waals surface area contributed by atoms with E-state index in [1.54, 1.807) is 6.07 Å². The Morgan fingerprint density at radius 2 is 2.25 bits per heavy atom. The van der Waals surface area contributed by atoms with Crippen molar-refractivity contribution in [2.75, 3.05) is 17.7 Å². The largest absolute Gasteiger partial charge is 0.394 e. The zero-order valence-electron chi connectivity index (χ0n) is 9.53. The summed E-state index contributed by atoms with van der Waals surface area (Å²) in [6, 6.07) is 1.72. The third-order valence-electron chi connectivity index (χ3n) is 3.12. The summed E-state index contributed by atoms with van der Waals surface area (Å²) in [6.45, 7) is 2.13. The number of nitrogens with zero attached hydrogens (tertiary/aromatic N) is 2. The predicted molar refractivity (Wildman–Crippen MR) is 63.1 cm³/mol. The van der Waals surface area contributed by atoms with Crippen molar-refractivity contribution in [3.05, 3.63) is 11.9 Å². The lowest BCUT2D eigenvalue weighted by molar-refractivity contribution is 0.144. The van der Waals surface area contributed by atoms with Crippen LogP contribution in [0, 0.1) is 0 Å². The molecule has 0 amide bonds. The molecule has 5 heteroatoms. The van der Waals surface area contributed by atoms with Gasteiger partial charge in [-0.3, -0.25) is 0 Å². The second-order valence-electron chi connectivity index (χ2n) is 4.36. The molecule has 0 aliphatic heterocycles. The lowest BCUT2D eigenvalue weighted by atomic mass is 9.77. The van der Waals surface area contributed by atoms with Crippen LogP contribution in [0.1, 0.15) is 32.0 Å². The Morgan fingerprint density at radius 1 is 1.50 bits per heavy atom. The van der Waals surface area contributed by atoms with Crippen LogP contribution >= 0.6 is 0 Å². The Kier molecular flexibility index (Phi) is 2.96. The van der Waals surface area contributed by atoms with Crippen LogP contribution in [0.5, 0.6) is 0 Å². The normalized spacial score (nSPS) is 17.9. The molecule has 1 aliphatic rings. The zero-order chi connectivity index (χ0) is 11.6. The fraction of sp³-hybridized carbons (Fsp3) is 0.636. The van der Waals surface area contributed by atoms with Gasteiger partial charge in [-0.1, -0.05) is 6.92 Å². The van der Waals surface area contributed by atoms with E-state index in [0.717, 1.165) is 37.3 Å². The van der Waals surface area contributed by atoms with Crippen molar-refractivity contribution in [2.24, 2.45) is 0 Å². The summed E-state index contributed by atoms with van der Waals surface area (Å²) in [5.41, 5.74) is 5.51. The quantitative estimate of drug-likeness (QED) is 0.706. The monoisotopic (exact) mass is 222 g/mol. The first kappa shape index (κ1) is 11.1. The molecule has 4 N–H and O–H groups in total. The van der Waals surface area contributed by atoms with E-state index >= 15 is 0 Å². The average molecular weight is 222 g/mol. The Morgan fingerprint density at radius 3 is 2.75 bits per heavy atom. The predicted octanol–water partition coefficient (Wildman–Crippen LogP) is 0.948. The standard InChI is InChI=1S/C11H18N4O/c1-2-9-13-8(12)6-10(14-9)15-11(7-16)4-3-5-11/h6,16H,2-5,7H2,1H3,(H3,12,13,14,15). The first-order valence-corrected chi connectivity index (χ1v) is 5.70. The van der Waals surface area contributed by atoms with Gasteiger partial charge in [0.25, 0.3) is 0 Å². The molecule has 16 heavy (non-hydrogen) atoms. The van der Waals surface area contributed by atoms with Crippen molar-refractivity contribution in [3.63, 3.8) is 0 Å². The summed E-state index contributed by atoms with van der Waals surface area (Å²) in [5, 5.41) is 12.6. The number of nitrogen functional groups attached to an aromatic ring is 1. The Hall–Kier alpha value is -1.36. The Labute approximate surface area is 95.1 Å². The van der Waals surface area contributed by atoms with E-state index in [1.807, 2.05) is 6.92 Å². The van der Waals surface area contributed by atoms with Gasteiger partial charge < -0.3 is 16.2 Å². The molecule has 1 aliphatic carbocycles. The molecule has 88 valence electrons. The van der Waals surface area contributed by atoms with Gasteiger partial charge in [-0.2, -0.15) is 0 Å². The van der Waals surface area contributed by atoms with Gasteiger partial charge >= 0.3 is 0 Å². The molecule has 0 saturated heterocycles. The summed E-state index contributed by atoms with van der Waals surface area (Å²) in [6.07, 6.45) is 3.87. The third-order valence-corrected chi connectivity index (χ3v) is 3.12. The van der Waals surface area contributed by atoms with Crippen LogP contribution in [0.25, 0.3) is 0 Å². The third kappa shape index (κ3) is 2.09. The fourth-order valence-electron chi connectivity index (χ4n) is 1.94. The van der Waals surface area contributed by atoms with Gasteiger partial charge in [-0.15, -0.1) is 0 Å². The number of aliphatic hydroxyl groups excluding tert-OH is 1. The minimum atomic E-state index is -0.189. The lowest BCUT2D eigenvalue weighted by Crippen LogP contribution is -2.48. The van der Waals surface area contributed by atoms with Crippen molar-refractivity contribution < 1.29 is 5.11 Å². The highest BCUT2D eigenvalue weighted by atomic mass is 16.3. The number of nitrogens with two attached hydrogens (primary N) is 1. The molecule has 5 nitrogen and oxygen atoms in total. The molecule has 0 unspecified atom stereocenters. The van der Waals surface area contributed by atoms with Crippen molar-refractivity contribution in [3.8, 4) is 0 Å². The van der Waals surface area contributed by atoms with E-state index in [4.69, 9.17) is 5.73 Å². The number of nitrogens with one attached hydrogen (secondary N) is 1. The lowest BCUT2D eigenvalue weighted by Gasteiger charge is -2.41. The molecule has 1 fully saturated rings. The second-order valence-corrected chi connectivity index (χ2v) is 4.36. The molecule has 1 heterocycles. The van der Waals surface area contributed by atoms with Gasteiger partial charge in [0.05, 0.1) is 12.1 Å². The van der Waals surface area contributed by atoms with Crippen molar-refractivity contribution >= 4 is 11.6 Å². The highest BCUT2D eigenvalue weighted by molar-refractivity contribution is 5.47. The summed E-state index contributed by atoms with van der Waals surface area (Å²) in [4.78, 5) is 8.47. The number of anilines is 2. The number of aryl methyl sites for hydroxylation is 1. The molecule has 0 aromatic carbocycles. The SMILES string of the molecule is CCc1nc(N)cc(NC2(CO)CCC2)n1. The Bertz CT molecular complexity index is 371. The van der Waals surface area contributed by atoms with Crippen molar-refractivity contribution in [2.45, 2.75) is 38.1 Å². The van der Waals surface area contributed by atoms with Crippen LogP contribution in [-0.2, 0) is 6.42 Å². The molecule has 0 bridgehead atoms. The van der Waals surface area contributed by atoms with Crippen LogP contribution in [0.15, 0.2) is 6.07 Å². The summed E-state index contributed by atoms with van der Waals surface area (Å²) in [7, 11) is 0. The maximum Gasteiger partial charge on any atom is 0.132 e. The van der Waals surface area contributed by atoms with Crippen LogP contribution in [0.4, 0.5) is 11.6 Å². The van der Waals surface area contributed by atoms with Crippen LogP contribution in [0.3, 0.4) is 0 Å². The van der Waals surface area contributed by atoms with Gasteiger partial charge in [-0.05, 0) is 19.3 Å². The number of rotatable bonds is 4. The highest BCUT2D eigenvalue weighted by Gasteiger charge is 2.36. The zero-order valence-corrected chi connectivity index (χ0v) is 9.53. The first-order chi connectivity index (χ1) is 7.67. The highest BCUT2D eigenvalue weighted by Crippen LogP contribution is 2.34. The van der Waals surface area contributed by atoms with Gasteiger partial charge in [0, 0.05) is 12.5 Å². The minimum Gasteiger partial charge on any atom is -0.394 e. The second kappa shape index (κ2) is 4.25. The molecule has 1 aromatic rings. The molecule has 2 rings (SSSR count). The first-order valence-electron chi connectivity index (χ1n) is 5.70. The molecular formula is C11H18N4O. The number of hydrogen-bond donors (Lipinski definition) is 3. The van der Waals surface area contributed by atoms with Crippen LogP contribution < -0.4 is 11.1 Å². The maximum atomic E-state index is 9.36. The van der Waals surface area contributed by atoms with E-state index in [2.05, 4.69) is 15.3 Å². The number of aliphatic hydroxyl groups is 1. The molecule has 0 spiro atoms. The number of hydrogen-bond acceptors (Lipinski definition) is 5. The van der Waals surface area contributed by atoms with Crippen molar-refractivity contribution in [1.29, 1.82) is 0 Å².